The average molecular weight is 195 g/mol. The Labute approximate surface area is 83.9 Å². The van der Waals surface area contributed by atoms with Crippen LogP contribution in [0.25, 0.3) is 0 Å². The molecule has 0 amide bonds. The van der Waals surface area contributed by atoms with Crippen molar-refractivity contribution in [2.24, 2.45) is 0 Å². The predicted molar refractivity (Wildman–Crippen MR) is 54.0 cm³/mol. The average Bonchev–Trinajstić information content (AvgIpc) is 2.58. The summed E-state index contributed by atoms with van der Waals surface area (Å²) in [5.74, 6) is 1.75. The van der Waals surface area contributed by atoms with Crippen LogP contribution in [0, 0.1) is 6.92 Å². The van der Waals surface area contributed by atoms with Gasteiger partial charge >= 0.3 is 0 Å². The van der Waals surface area contributed by atoms with Gasteiger partial charge in [-0.15, -0.1) is 0 Å². The molecular weight excluding hydrogens is 178 g/mol. The zero-order valence-corrected chi connectivity index (χ0v) is 8.96. The third-order valence-corrected chi connectivity index (χ3v) is 3.01. The minimum absolute atomic E-state index is 0.0803. The van der Waals surface area contributed by atoms with Crippen molar-refractivity contribution in [1.29, 1.82) is 0 Å². The van der Waals surface area contributed by atoms with E-state index in [4.69, 9.17) is 0 Å². The summed E-state index contributed by atoms with van der Waals surface area (Å²) >= 11 is 0. The Kier molecular flexibility index (Phi) is 2.28. The molecule has 0 radical (unpaired) electrons. The van der Waals surface area contributed by atoms with E-state index in [1.807, 2.05) is 6.92 Å². The van der Waals surface area contributed by atoms with Gasteiger partial charge in [0.1, 0.15) is 5.82 Å². The second-order valence-corrected chi connectivity index (χ2v) is 4.12. The minimum atomic E-state index is -0.0803. The van der Waals surface area contributed by atoms with Crippen molar-refractivity contribution < 1.29 is 0 Å². The molecule has 78 valence electrons. The van der Waals surface area contributed by atoms with Crippen LogP contribution in [0.15, 0.2) is 0 Å². The molecule has 2 N–H and O–H groups in total. The fraction of sp³-hybridized carbons (Fsp3) is 0.778. The van der Waals surface area contributed by atoms with Crippen LogP contribution in [0.2, 0.25) is 0 Å². The zero-order chi connectivity index (χ0) is 10.2. The quantitative estimate of drug-likeness (QED) is 0.655. The topological polar surface area (TPSA) is 56.8 Å². The van der Waals surface area contributed by atoms with E-state index in [9.17, 15) is 0 Å². The highest BCUT2D eigenvalue weighted by molar-refractivity contribution is 5.07. The number of hydrogen-bond acceptors (Lipinski definition) is 4. The van der Waals surface area contributed by atoms with Gasteiger partial charge in [0.2, 0.25) is 0 Å². The van der Waals surface area contributed by atoms with E-state index >= 15 is 0 Å². The summed E-state index contributed by atoms with van der Waals surface area (Å²) in [6, 6.07) is 0. The molecule has 0 bridgehead atoms. The third kappa shape index (κ3) is 1.42. The molecule has 1 atom stereocenters. The molecule has 2 rings (SSSR count). The van der Waals surface area contributed by atoms with E-state index in [1.54, 1.807) is 0 Å². The van der Waals surface area contributed by atoms with Crippen LogP contribution in [0.1, 0.15) is 18.6 Å². The number of aryl methyl sites for hydroxylation is 1. The van der Waals surface area contributed by atoms with Gasteiger partial charge in [-0.25, -0.2) is 4.98 Å². The highest BCUT2D eigenvalue weighted by atomic mass is 15.3. The lowest BCUT2D eigenvalue weighted by Gasteiger charge is -2.40. The van der Waals surface area contributed by atoms with Crippen LogP contribution < -0.4 is 5.32 Å². The number of hydrogen-bond donors (Lipinski definition) is 2. The number of likely N-dealkylation sites (N-methyl/N-ethyl adjacent to an activating group) is 1. The Morgan fingerprint density at radius 3 is 2.86 bits per heavy atom. The van der Waals surface area contributed by atoms with Gasteiger partial charge in [0.25, 0.3) is 0 Å². The first-order valence-electron chi connectivity index (χ1n) is 4.94. The van der Waals surface area contributed by atoms with Crippen LogP contribution in [0.5, 0.6) is 0 Å². The normalized spacial score (nSPS) is 29.4. The number of aromatic nitrogens is 3. The first kappa shape index (κ1) is 9.61. The number of piperazine rings is 1. The second-order valence-electron chi connectivity index (χ2n) is 4.12. The highest BCUT2D eigenvalue weighted by Gasteiger charge is 2.36. The summed E-state index contributed by atoms with van der Waals surface area (Å²) < 4.78 is 0. The van der Waals surface area contributed by atoms with E-state index in [0.29, 0.717) is 0 Å². The molecule has 1 aliphatic heterocycles. The lowest BCUT2D eigenvalue weighted by atomic mass is 9.97. The van der Waals surface area contributed by atoms with Crippen molar-refractivity contribution in [2.75, 3.05) is 26.7 Å². The summed E-state index contributed by atoms with van der Waals surface area (Å²) in [4.78, 5) is 6.71. The fourth-order valence-electron chi connectivity index (χ4n) is 1.79. The molecule has 0 spiro atoms. The molecule has 0 saturated carbocycles. The van der Waals surface area contributed by atoms with Gasteiger partial charge in [0.15, 0.2) is 5.82 Å². The van der Waals surface area contributed by atoms with Gasteiger partial charge in [-0.1, -0.05) is 0 Å². The zero-order valence-electron chi connectivity index (χ0n) is 8.96. The van der Waals surface area contributed by atoms with Gasteiger partial charge in [0, 0.05) is 19.6 Å². The Balaban J connectivity index is 2.29. The standard InChI is InChI=1S/C9H17N5/c1-7-11-8(13-12-7)9(2)6-10-4-5-14(9)3/h10H,4-6H2,1-3H3,(H,11,12,13). The van der Waals surface area contributed by atoms with Crippen LogP contribution in [-0.2, 0) is 5.54 Å². The Morgan fingerprint density at radius 2 is 2.29 bits per heavy atom. The first-order valence-corrected chi connectivity index (χ1v) is 4.94. The Morgan fingerprint density at radius 1 is 1.50 bits per heavy atom. The van der Waals surface area contributed by atoms with Crippen molar-refractivity contribution in [3.63, 3.8) is 0 Å². The maximum atomic E-state index is 4.41. The van der Waals surface area contributed by atoms with E-state index in [0.717, 1.165) is 31.3 Å². The maximum Gasteiger partial charge on any atom is 0.171 e. The van der Waals surface area contributed by atoms with Crippen LogP contribution in [-0.4, -0.2) is 46.8 Å². The van der Waals surface area contributed by atoms with Crippen molar-refractivity contribution in [2.45, 2.75) is 19.4 Å². The maximum absolute atomic E-state index is 4.41. The number of nitrogens with zero attached hydrogens (tertiary/aromatic N) is 3. The molecule has 0 aromatic carbocycles. The van der Waals surface area contributed by atoms with Gasteiger partial charge < -0.3 is 5.32 Å². The summed E-state index contributed by atoms with van der Waals surface area (Å²) in [5, 5.41) is 10.5. The van der Waals surface area contributed by atoms with E-state index in [1.165, 1.54) is 0 Å². The second kappa shape index (κ2) is 3.33. The number of rotatable bonds is 1. The fourth-order valence-corrected chi connectivity index (χ4v) is 1.79. The molecule has 1 saturated heterocycles. The molecule has 1 unspecified atom stereocenters. The lowest BCUT2D eigenvalue weighted by molar-refractivity contribution is 0.0954. The Bertz CT molecular complexity index is 321. The smallest absolute Gasteiger partial charge is 0.171 e. The van der Waals surface area contributed by atoms with Gasteiger partial charge in [0.05, 0.1) is 5.54 Å². The van der Waals surface area contributed by atoms with Gasteiger partial charge in [-0.2, -0.15) is 5.10 Å². The molecule has 5 heteroatoms. The highest BCUT2D eigenvalue weighted by Crippen LogP contribution is 2.24. The van der Waals surface area contributed by atoms with Gasteiger partial charge in [-0.3, -0.25) is 10.00 Å². The first-order chi connectivity index (χ1) is 6.63. The summed E-state index contributed by atoms with van der Waals surface area (Å²) in [6.07, 6.45) is 0. The molecular formula is C9H17N5. The predicted octanol–water partition coefficient (Wildman–Crippen LogP) is -0.137. The van der Waals surface area contributed by atoms with Crippen molar-refractivity contribution in [3.8, 4) is 0 Å². The molecule has 0 aliphatic carbocycles. The van der Waals surface area contributed by atoms with Crippen LogP contribution in [0.3, 0.4) is 0 Å². The van der Waals surface area contributed by atoms with E-state index in [-0.39, 0.29) is 5.54 Å². The molecule has 1 fully saturated rings. The number of aromatic amines is 1. The molecule has 2 heterocycles. The van der Waals surface area contributed by atoms with Crippen molar-refractivity contribution in [3.05, 3.63) is 11.6 Å². The molecule has 1 aromatic heterocycles. The molecule has 1 aromatic rings. The van der Waals surface area contributed by atoms with Crippen molar-refractivity contribution in [1.82, 2.24) is 25.4 Å². The molecule has 14 heavy (non-hydrogen) atoms. The summed E-state index contributed by atoms with van der Waals surface area (Å²) in [7, 11) is 2.12. The largest absolute Gasteiger partial charge is 0.313 e. The third-order valence-electron chi connectivity index (χ3n) is 3.01. The summed E-state index contributed by atoms with van der Waals surface area (Å²) in [6.45, 7) is 7.07. The van der Waals surface area contributed by atoms with Gasteiger partial charge in [-0.05, 0) is 20.9 Å². The van der Waals surface area contributed by atoms with E-state index in [2.05, 4.69) is 39.4 Å². The van der Waals surface area contributed by atoms with E-state index < -0.39 is 0 Å². The number of H-pyrrole nitrogens is 1. The SMILES string of the molecule is Cc1nc(C2(C)CNCCN2C)n[nH]1. The molecule has 5 nitrogen and oxygen atoms in total. The number of nitrogens with one attached hydrogen (secondary N) is 2. The lowest BCUT2D eigenvalue weighted by Crippen LogP contribution is -2.56. The molecule has 1 aliphatic rings. The van der Waals surface area contributed by atoms with Crippen LogP contribution >= 0.6 is 0 Å². The van der Waals surface area contributed by atoms with Crippen LogP contribution in [0.4, 0.5) is 0 Å². The Hall–Kier alpha value is -0.940. The van der Waals surface area contributed by atoms with Crippen molar-refractivity contribution >= 4 is 0 Å². The minimum Gasteiger partial charge on any atom is -0.313 e. The monoisotopic (exact) mass is 195 g/mol. The summed E-state index contributed by atoms with van der Waals surface area (Å²) in [5.41, 5.74) is -0.0803.